The fourth-order valence-electron chi connectivity index (χ4n) is 6.05. The fraction of sp³-hybridized carbons (Fsp3) is 0. The van der Waals surface area contributed by atoms with Crippen LogP contribution < -0.4 is 79.2 Å². The van der Waals surface area contributed by atoms with Crippen molar-refractivity contribution < 1.29 is 94.5 Å². The molecule has 0 aliphatic carbocycles. The second-order valence-corrected chi connectivity index (χ2v) is 15.3. The van der Waals surface area contributed by atoms with E-state index >= 15 is 0 Å². The van der Waals surface area contributed by atoms with Crippen LogP contribution in [0.1, 0.15) is 11.1 Å². The molecule has 288 valence electrons. The monoisotopic (exact) mass is 854 g/mol. The van der Waals surface area contributed by atoms with E-state index in [1.807, 2.05) is 72.8 Å². The predicted molar refractivity (Wildman–Crippen MR) is 216 cm³/mol. The molecular formula is C42H28N6Na2O8S2. The molecule has 60 heavy (non-hydrogen) atoms. The molecule has 0 radical (unpaired) electrons. The van der Waals surface area contributed by atoms with Crippen LogP contribution in [0.2, 0.25) is 0 Å². The van der Waals surface area contributed by atoms with E-state index in [4.69, 9.17) is 9.47 Å². The topological polar surface area (TPSA) is 208 Å². The Morgan fingerprint density at radius 3 is 1.53 bits per heavy atom. The first-order chi connectivity index (χ1) is 27.9. The Bertz CT molecular complexity index is 3100. The number of benzene rings is 6. The summed E-state index contributed by atoms with van der Waals surface area (Å²) in [7, 11) is -11.1. The molecule has 0 aliphatic rings. The molecule has 0 amide bonds. The van der Waals surface area contributed by atoms with E-state index in [1.165, 1.54) is 30.5 Å². The van der Waals surface area contributed by atoms with Crippen molar-refractivity contribution in [1.29, 1.82) is 0 Å². The Morgan fingerprint density at radius 2 is 1.02 bits per heavy atom. The van der Waals surface area contributed by atoms with Gasteiger partial charge in [0.2, 0.25) is 23.7 Å². The minimum Gasteiger partial charge on any atom is -0.744 e. The summed E-state index contributed by atoms with van der Waals surface area (Å²) in [5.74, 6) is 1.48. The van der Waals surface area contributed by atoms with E-state index in [0.29, 0.717) is 28.6 Å². The van der Waals surface area contributed by atoms with Gasteiger partial charge in [-0.1, -0.05) is 91.0 Å². The van der Waals surface area contributed by atoms with Crippen molar-refractivity contribution in [2.45, 2.75) is 9.79 Å². The molecule has 8 rings (SSSR count). The third-order valence-electron chi connectivity index (χ3n) is 8.66. The summed E-state index contributed by atoms with van der Waals surface area (Å²) < 4.78 is 87.3. The van der Waals surface area contributed by atoms with Crippen LogP contribution in [0.3, 0.4) is 0 Å². The minimum atomic E-state index is -5.56. The quantitative estimate of drug-likeness (QED) is 0.103. The first-order valence-corrected chi connectivity index (χ1v) is 20.2. The molecule has 2 N–H and O–H groups in total. The number of fused-ring (bicyclic) bond motifs is 2. The van der Waals surface area contributed by atoms with Gasteiger partial charge in [-0.25, -0.2) is 26.8 Å². The molecule has 0 atom stereocenters. The van der Waals surface area contributed by atoms with Gasteiger partial charge in [-0.05, 0) is 75.1 Å². The predicted octanol–water partition coefficient (Wildman–Crippen LogP) is 2.63. The zero-order valence-electron chi connectivity index (χ0n) is 31.9. The summed E-state index contributed by atoms with van der Waals surface area (Å²) in [5.41, 5.74) is 0.295. The Kier molecular flexibility index (Phi) is 14.0. The Morgan fingerprint density at radius 1 is 0.517 bits per heavy atom. The molecule has 0 aliphatic heterocycles. The SMILES string of the molecule is O=S(=O)([O-])c1c(C=Cc2ccc(Nc3nccc(Oc4ccc5ccccc5c4)n3)cc2)ccc(Nc2nccc(Oc3ccc4ccccc4c3)n2)c1S(=O)(=O)[O-].[Na+].[Na+]. The first kappa shape index (κ1) is 44.3. The summed E-state index contributed by atoms with van der Waals surface area (Å²) in [5, 5.41) is 9.67. The summed E-state index contributed by atoms with van der Waals surface area (Å²) in [6.07, 6.45) is 5.53. The molecule has 2 heterocycles. The van der Waals surface area contributed by atoms with Crippen LogP contribution in [0.4, 0.5) is 23.3 Å². The van der Waals surface area contributed by atoms with Gasteiger partial charge in [-0.2, -0.15) is 9.97 Å². The van der Waals surface area contributed by atoms with Gasteiger partial charge in [-0.15, -0.1) is 0 Å². The third-order valence-corrected chi connectivity index (χ3v) is 10.7. The second-order valence-electron chi connectivity index (χ2n) is 12.6. The van der Waals surface area contributed by atoms with E-state index < -0.39 is 35.7 Å². The Balaban J connectivity index is 0.00000302. The first-order valence-electron chi connectivity index (χ1n) is 17.4. The molecule has 0 unspecified atom stereocenters. The molecule has 2 aromatic heterocycles. The van der Waals surface area contributed by atoms with Gasteiger partial charge in [0.15, 0.2) is 0 Å². The fourth-order valence-corrected chi connectivity index (χ4v) is 8.16. The molecule has 0 spiro atoms. The standard InChI is InChI=1S/C42H30N6O8S2.2Na/c49-57(50,51)39-30(12-9-27-10-16-33(17-11-27)45-41-43-23-21-37(47-41)55-34-18-13-28-5-1-3-7-31(28)25-34)15-20-36(40(39)58(52,53)54)46-42-44-24-22-38(48-42)56-35-19-14-29-6-2-4-8-32(29)26-35;;/h1-26H,(H,43,45,47)(H,44,46,48)(H,49,50,51)(H,52,53,54);;/q;2*+1/p-2. The van der Waals surface area contributed by atoms with Gasteiger partial charge >= 0.3 is 59.1 Å². The number of anilines is 4. The molecule has 6 aromatic carbocycles. The molecule has 8 aromatic rings. The summed E-state index contributed by atoms with van der Waals surface area (Å²) in [4.78, 5) is 14.4. The van der Waals surface area contributed by atoms with Crippen LogP contribution in [0.25, 0.3) is 33.7 Å². The Hall–Kier alpha value is -5.24. The average molecular weight is 855 g/mol. The van der Waals surface area contributed by atoms with Gasteiger partial charge in [-0.3, -0.25) is 0 Å². The molecule has 0 fully saturated rings. The molecule has 0 saturated carbocycles. The number of ether oxygens (including phenoxy) is 2. The number of rotatable bonds is 12. The van der Waals surface area contributed by atoms with Crippen molar-refractivity contribution >= 4 is 77.2 Å². The number of hydrogen-bond donors (Lipinski definition) is 2. The van der Waals surface area contributed by atoms with E-state index in [0.717, 1.165) is 27.6 Å². The molecule has 0 saturated heterocycles. The summed E-state index contributed by atoms with van der Waals surface area (Å²) >= 11 is 0. The van der Waals surface area contributed by atoms with E-state index in [1.54, 1.807) is 48.7 Å². The number of hydrogen-bond acceptors (Lipinski definition) is 14. The van der Waals surface area contributed by atoms with Crippen LogP contribution in [-0.2, 0) is 20.2 Å². The average Bonchev–Trinajstić information content (AvgIpc) is 3.20. The number of nitrogens with one attached hydrogen (secondary N) is 2. The maximum Gasteiger partial charge on any atom is 1.00 e. The Labute approximate surface area is 388 Å². The zero-order valence-corrected chi connectivity index (χ0v) is 37.5. The van der Waals surface area contributed by atoms with Gasteiger partial charge < -0.3 is 29.2 Å². The van der Waals surface area contributed by atoms with E-state index in [-0.39, 0.29) is 82.5 Å². The second kappa shape index (κ2) is 19.0. The van der Waals surface area contributed by atoms with Crippen molar-refractivity contribution in [3.63, 3.8) is 0 Å². The normalized spacial score (nSPS) is 11.4. The van der Waals surface area contributed by atoms with Crippen molar-refractivity contribution in [3.8, 4) is 23.3 Å². The molecule has 14 nitrogen and oxygen atoms in total. The van der Waals surface area contributed by atoms with Crippen molar-refractivity contribution in [1.82, 2.24) is 19.9 Å². The van der Waals surface area contributed by atoms with Gasteiger partial charge in [0.05, 0.1) is 15.5 Å². The van der Waals surface area contributed by atoms with Crippen LogP contribution >= 0.6 is 0 Å². The zero-order chi connectivity index (χ0) is 40.3. The largest absolute Gasteiger partial charge is 1.00 e. The van der Waals surface area contributed by atoms with Crippen LogP contribution in [-0.4, -0.2) is 45.9 Å². The molecule has 0 bridgehead atoms. The van der Waals surface area contributed by atoms with Gasteiger partial charge in [0.25, 0.3) is 0 Å². The minimum absolute atomic E-state index is 0. The summed E-state index contributed by atoms with van der Waals surface area (Å²) in [6, 6.07) is 38.8. The van der Waals surface area contributed by atoms with Crippen molar-refractivity contribution in [2.24, 2.45) is 0 Å². The van der Waals surface area contributed by atoms with Crippen LogP contribution in [0.5, 0.6) is 23.3 Å². The maximum absolute atomic E-state index is 12.6. The summed E-state index contributed by atoms with van der Waals surface area (Å²) in [6.45, 7) is 0. The molecular weight excluding hydrogens is 827 g/mol. The van der Waals surface area contributed by atoms with Crippen LogP contribution in [0, 0.1) is 0 Å². The van der Waals surface area contributed by atoms with Gasteiger partial charge in [0.1, 0.15) is 31.7 Å². The van der Waals surface area contributed by atoms with E-state index in [2.05, 4.69) is 30.6 Å². The van der Waals surface area contributed by atoms with E-state index in [9.17, 15) is 25.9 Å². The number of nitrogens with zero attached hydrogens (tertiary/aromatic N) is 4. The third kappa shape index (κ3) is 10.7. The smallest absolute Gasteiger partial charge is 0.744 e. The maximum atomic E-state index is 12.6. The number of aromatic nitrogens is 4. The molecule has 18 heteroatoms. The van der Waals surface area contributed by atoms with Crippen molar-refractivity contribution in [3.05, 3.63) is 157 Å². The van der Waals surface area contributed by atoms with Crippen LogP contribution in [0.15, 0.2) is 156 Å². The van der Waals surface area contributed by atoms with Gasteiger partial charge in [0, 0.05) is 30.2 Å². The van der Waals surface area contributed by atoms with Crippen molar-refractivity contribution in [2.75, 3.05) is 10.6 Å².